The molecule has 0 spiro atoms. The predicted molar refractivity (Wildman–Crippen MR) is 66.4 cm³/mol. The Balaban J connectivity index is 2.26. The van der Waals surface area contributed by atoms with Crippen LogP contribution in [0.15, 0.2) is 0 Å². The Morgan fingerprint density at radius 2 is 2.11 bits per heavy atom. The molecule has 6 nitrogen and oxygen atoms in total. The molecule has 0 aromatic heterocycles. The van der Waals surface area contributed by atoms with Gasteiger partial charge in [-0.3, -0.25) is 0 Å². The summed E-state index contributed by atoms with van der Waals surface area (Å²) >= 11 is 0. The molecule has 104 valence electrons. The van der Waals surface area contributed by atoms with Crippen LogP contribution in [0.2, 0.25) is 0 Å². The molecule has 1 fully saturated rings. The second-order valence-electron chi connectivity index (χ2n) is 4.68. The fourth-order valence-electron chi connectivity index (χ4n) is 1.93. The third-order valence-electron chi connectivity index (χ3n) is 3.21. The van der Waals surface area contributed by atoms with Crippen molar-refractivity contribution in [2.45, 2.75) is 57.2 Å². The highest BCUT2D eigenvalue weighted by molar-refractivity contribution is 5.82. The smallest absolute Gasteiger partial charge is 0.326 e. The minimum atomic E-state index is -0.984. The molecule has 0 unspecified atom stereocenters. The number of carbonyl (C=O) groups excluding carboxylic acids is 1. The average Bonchev–Trinajstić information content (AvgIpc) is 2.28. The second-order valence-corrected chi connectivity index (χ2v) is 4.68. The van der Waals surface area contributed by atoms with Crippen molar-refractivity contribution in [2.24, 2.45) is 0 Å². The third-order valence-corrected chi connectivity index (χ3v) is 3.21. The zero-order chi connectivity index (χ0) is 13.5. The monoisotopic (exact) mass is 258 g/mol. The minimum absolute atomic E-state index is 0.0931. The van der Waals surface area contributed by atoms with E-state index in [0.29, 0.717) is 6.42 Å². The molecule has 1 saturated carbocycles. The van der Waals surface area contributed by atoms with Crippen LogP contribution in [0.25, 0.3) is 0 Å². The van der Waals surface area contributed by atoms with Gasteiger partial charge in [0.15, 0.2) is 0 Å². The second kappa shape index (κ2) is 7.20. The number of amides is 2. The van der Waals surface area contributed by atoms with Gasteiger partial charge in [-0.15, -0.1) is 0 Å². The Morgan fingerprint density at radius 1 is 1.44 bits per heavy atom. The number of urea groups is 1. The number of rotatable bonds is 7. The molecular weight excluding hydrogens is 236 g/mol. The molecule has 6 heteroatoms. The fourth-order valence-corrected chi connectivity index (χ4v) is 1.93. The van der Waals surface area contributed by atoms with Gasteiger partial charge in [-0.1, -0.05) is 19.8 Å². The van der Waals surface area contributed by atoms with E-state index >= 15 is 0 Å². The molecule has 0 aromatic carbocycles. The first kappa shape index (κ1) is 14.8. The number of ether oxygens (including phenoxy) is 1. The number of unbranched alkanes of at least 4 members (excludes halogenated alkanes) is 1. The highest BCUT2D eigenvalue weighted by Gasteiger charge is 2.30. The van der Waals surface area contributed by atoms with Gasteiger partial charge in [0.25, 0.3) is 0 Å². The van der Waals surface area contributed by atoms with E-state index in [0.717, 1.165) is 25.7 Å². The van der Waals surface area contributed by atoms with Crippen molar-refractivity contribution in [3.63, 3.8) is 0 Å². The molecule has 2 amide bonds. The van der Waals surface area contributed by atoms with Gasteiger partial charge in [-0.05, 0) is 19.3 Å². The summed E-state index contributed by atoms with van der Waals surface area (Å²) in [6.07, 6.45) is 3.95. The highest BCUT2D eigenvalue weighted by Crippen LogP contribution is 2.22. The lowest BCUT2D eigenvalue weighted by Crippen LogP contribution is -2.53. The summed E-state index contributed by atoms with van der Waals surface area (Å²) in [4.78, 5) is 22.5. The Kier molecular flexibility index (Phi) is 5.91. The fraction of sp³-hybridized carbons (Fsp3) is 0.833. The number of methoxy groups -OCH3 is 1. The first-order valence-corrected chi connectivity index (χ1v) is 6.39. The van der Waals surface area contributed by atoms with Crippen molar-refractivity contribution in [3.05, 3.63) is 0 Å². The number of carbonyl (C=O) groups is 2. The summed E-state index contributed by atoms with van der Waals surface area (Å²) in [7, 11) is 1.65. The van der Waals surface area contributed by atoms with Crippen LogP contribution < -0.4 is 10.6 Å². The molecule has 0 heterocycles. The lowest BCUT2D eigenvalue weighted by atomic mass is 9.89. The van der Waals surface area contributed by atoms with E-state index in [1.54, 1.807) is 7.11 Å². The van der Waals surface area contributed by atoms with E-state index < -0.39 is 18.0 Å². The van der Waals surface area contributed by atoms with Crippen molar-refractivity contribution in [1.29, 1.82) is 0 Å². The summed E-state index contributed by atoms with van der Waals surface area (Å²) in [5, 5.41) is 14.2. The normalized spacial score (nSPS) is 23.9. The Labute approximate surface area is 107 Å². The van der Waals surface area contributed by atoms with Gasteiger partial charge >= 0.3 is 12.0 Å². The van der Waals surface area contributed by atoms with Gasteiger partial charge in [-0.25, -0.2) is 9.59 Å². The maximum atomic E-state index is 11.6. The van der Waals surface area contributed by atoms with E-state index in [1.165, 1.54) is 0 Å². The van der Waals surface area contributed by atoms with Crippen LogP contribution in [-0.4, -0.2) is 42.4 Å². The number of carboxylic acid groups (broad SMARTS) is 1. The van der Waals surface area contributed by atoms with Gasteiger partial charge < -0.3 is 20.5 Å². The largest absolute Gasteiger partial charge is 0.480 e. The van der Waals surface area contributed by atoms with Gasteiger partial charge in [0.1, 0.15) is 6.04 Å². The summed E-state index contributed by atoms with van der Waals surface area (Å²) in [6, 6.07) is -1.11. The lowest BCUT2D eigenvalue weighted by molar-refractivity contribution is -0.139. The van der Waals surface area contributed by atoms with Crippen LogP contribution in [0.3, 0.4) is 0 Å². The number of aliphatic carboxylic acids is 1. The molecule has 0 saturated heterocycles. The average molecular weight is 258 g/mol. The van der Waals surface area contributed by atoms with Crippen molar-refractivity contribution < 1.29 is 19.4 Å². The molecule has 1 atom stereocenters. The minimum Gasteiger partial charge on any atom is -0.480 e. The van der Waals surface area contributed by atoms with Gasteiger partial charge in [0.05, 0.1) is 6.10 Å². The van der Waals surface area contributed by atoms with E-state index in [9.17, 15) is 9.59 Å². The maximum absolute atomic E-state index is 11.6. The van der Waals surface area contributed by atoms with Crippen molar-refractivity contribution in [2.75, 3.05) is 7.11 Å². The van der Waals surface area contributed by atoms with Crippen LogP contribution in [-0.2, 0) is 9.53 Å². The molecule has 1 aliphatic carbocycles. The summed E-state index contributed by atoms with van der Waals surface area (Å²) in [5.74, 6) is -0.984. The first-order chi connectivity index (χ1) is 8.56. The first-order valence-electron chi connectivity index (χ1n) is 6.39. The van der Waals surface area contributed by atoms with Gasteiger partial charge in [0, 0.05) is 13.2 Å². The summed E-state index contributed by atoms with van der Waals surface area (Å²) in [5.41, 5.74) is 0. The standard InChI is InChI=1S/C12H22N2O4/c1-3-4-5-10(11(15)16)14-12(17)13-8-6-9(7-8)18-2/h8-10H,3-7H2,1-2H3,(H,15,16)(H2,13,14,17)/t8?,9?,10-/m0/s1. The van der Waals surface area contributed by atoms with E-state index in [1.807, 2.05) is 6.92 Å². The van der Waals surface area contributed by atoms with Crippen LogP contribution in [0.5, 0.6) is 0 Å². The Hall–Kier alpha value is -1.30. The van der Waals surface area contributed by atoms with Crippen molar-refractivity contribution >= 4 is 12.0 Å². The van der Waals surface area contributed by atoms with Crippen LogP contribution in [0.4, 0.5) is 4.79 Å². The van der Waals surface area contributed by atoms with E-state index in [4.69, 9.17) is 9.84 Å². The van der Waals surface area contributed by atoms with Crippen LogP contribution in [0, 0.1) is 0 Å². The molecule has 0 bridgehead atoms. The molecule has 0 radical (unpaired) electrons. The third kappa shape index (κ3) is 4.52. The zero-order valence-corrected chi connectivity index (χ0v) is 10.9. The quantitative estimate of drug-likeness (QED) is 0.638. The highest BCUT2D eigenvalue weighted by atomic mass is 16.5. The van der Waals surface area contributed by atoms with E-state index in [-0.39, 0.29) is 12.1 Å². The summed E-state index contributed by atoms with van der Waals surface area (Å²) < 4.78 is 5.10. The summed E-state index contributed by atoms with van der Waals surface area (Å²) in [6.45, 7) is 1.98. The topological polar surface area (TPSA) is 87.7 Å². The van der Waals surface area contributed by atoms with Crippen molar-refractivity contribution in [1.82, 2.24) is 10.6 Å². The molecule has 1 aliphatic rings. The number of carboxylic acids is 1. The molecular formula is C12H22N2O4. The van der Waals surface area contributed by atoms with Crippen LogP contribution >= 0.6 is 0 Å². The maximum Gasteiger partial charge on any atom is 0.326 e. The zero-order valence-electron chi connectivity index (χ0n) is 10.9. The Bertz CT molecular complexity index is 290. The predicted octanol–water partition coefficient (Wildman–Crippen LogP) is 1.11. The molecule has 3 N–H and O–H groups in total. The SMILES string of the molecule is CCCC[C@H](NC(=O)NC1CC(OC)C1)C(=O)O. The molecule has 0 aromatic rings. The van der Waals surface area contributed by atoms with Crippen molar-refractivity contribution in [3.8, 4) is 0 Å². The molecule has 18 heavy (non-hydrogen) atoms. The number of hydrogen-bond acceptors (Lipinski definition) is 3. The van der Waals surface area contributed by atoms with E-state index in [2.05, 4.69) is 10.6 Å². The lowest BCUT2D eigenvalue weighted by Gasteiger charge is -2.34. The number of nitrogens with one attached hydrogen (secondary N) is 2. The van der Waals surface area contributed by atoms with Crippen LogP contribution in [0.1, 0.15) is 39.0 Å². The Morgan fingerprint density at radius 3 is 2.61 bits per heavy atom. The van der Waals surface area contributed by atoms with Gasteiger partial charge in [-0.2, -0.15) is 0 Å². The van der Waals surface area contributed by atoms with Gasteiger partial charge in [0.2, 0.25) is 0 Å². The number of hydrogen-bond donors (Lipinski definition) is 3. The molecule has 1 rings (SSSR count). The molecule has 0 aliphatic heterocycles.